The fourth-order valence-corrected chi connectivity index (χ4v) is 4.61. The van der Waals surface area contributed by atoms with Gasteiger partial charge in [0.2, 0.25) is 0 Å². The Kier molecular flexibility index (Phi) is 10.2. The van der Waals surface area contributed by atoms with Gasteiger partial charge in [-0.05, 0) is 37.6 Å². The molecule has 38 heavy (non-hydrogen) atoms. The maximum Gasteiger partial charge on any atom is 0.331 e. The van der Waals surface area contributed by atoms with Crippen molar-refractivity contribution in [2.45, 2.75) is 52.1 Å². The third kappa shape index (κ3) is 7.08. The summed E-state index contributed by atoms with van der Waals surface area (Å²) in [5.74, 6) is -4.78. The Labute approximate surface area is 223 Å². The van der Waals surface area contributed by atoms with Crippen molar-refractivity contribution < 1.29 is 32.6 Å². The predicted octanol–water partition coefficient (Wildman–Crippen LogP) is 7.63. The van der Waals surface area contributed by atoms with E-state index in [-0.39, 0.29) is 21.8 Å². The van der Waals surface area contributed by atoms with Crippen molar-refractivity contribution in [3.63, 3.8) is 0 Å². The molecule has 6 nitrogen and oxygen atoms in total. The van der Waals surface area contributed by atoms with Crippen LogP contribution in [-0.4, -0.2) is 29.1 Å². The number of halogens is 3. The van der Waals surface area contributed by atoms with E-state index >= 15 is 4.39 Å². The van der Waals surface area contributed by atoms with Crippen LogP contribution in [0.2, 0.25) is 0 Å². The number of carbonyl (C=O) groups excluding carboxylic acids is 1. The standard InChI is InChI=1S/C28H29F3N2O4S/c1-4-5-6-7-11-24(37-3)19-10-8-9-18(25(19)31)23-15-38-28(32-23)33-26(34)17-13-21(29)20(22(30)14-17)12-16(2)27(35)36/h8-10,12-15,24H,4-7,11H2,1-3H3,(H,35,36)(H,32,33,34). The van der Waals surface area contributed by atoms with Gasteiger partial charge in [0, 0.05) is 40.3 Å². The number of nitrogens with one attached hydrogen (secondary N) is 1. The summed E-state index contributed by atoms with van der Waals surface area (Å²) >= 11 is 1.04. The molecule has 0 bridgehead atoms. The Bertz CT molecular complexity index is 1320. The molecule has 2 N–H and O–H groups in total. The summed E-state index contributed by atoms with van der Waals surface area (Å²) in [6.07, 6.45) is 5.31. The molecule has 202 valence electrons. The number of hydrogen-bond acceptors (Lipinski definition) is 5. The molecule has 1 heterocycles. The normalized spacial score (nSPS) is 12.4. The quantitative estimate of drug-likeness (QED) is 0.180. The first kappa shape index (κ1) is 29.1. The smallest absolute Gasteiger partial charge is 0.331 e. The second kappa shape index (κ2) is 13.3. The largest absolute Gasteiger partial charge is 0.478 e. The van der Waals surface area contributed by atoms with Gasteiger partial charge in [0.15, 0.2) is 5.13 Å². The molecule has 10 heteroatoms. The number of thiazole rings is 1. The molecule has 0 radical (unpaired) electrons. The van der Waals surface area contributed by atoms with Gasteiger partial charge >= 0.3 is 5.97 Å². The maximum absolute atomic E-state index is 15.4. The van der Waals surface area contributed by atoms with Gasteiger partial charge in [-0.25, -0.2) is 22.9 Å². The van der Waals surface area contributed by atoms with Crippen LogP contribution in [0.3, 0.4) is 0 Å². The van der Waals surface area contributed by atoms with E-state index in [2.05, 4.69) is 17.2 Å². The van der Waals surface area contributed by atoms with E-state index in [1.807, 2.05) is 0 Å². The van der Waals surface area contributed by atoms with Crippen molar-refractivity contribution in [2.24, 2.45) is 0 Å². The Balaban J connectivity index is 1.78. The lowest BCUT2D eigenvalue weighted by atomic mass is 9.99. The van der Waals surface area contributed by atoms with Crippen LogP contribution in [-0.2, 0) is 9.53 Å². The molecule has 0 fully saturated rings. The third-order valence-electron chi connectivity index (χ3n) is 6.02. The van der Waals surface area contributed by atoms with Crippen LogP contribution in [0.25, 0.3) is 17.3 Å². The van der Waals surface area contributed by atoms with E-state index < -0.39 is 41.0 Å². The van der Waals surface area contributed by atoms with Gasteiger partial charge in [0.25, 0.3) is 5.91 Å². The molecule has 2 aromatic carbocycles. The first-order chi connectivity index (χ1) is 18.2. The Morgan fingerprint density at radius 2 is 1.87 bits per heavy atom. The van der Waals surface area contributed by atoms with Gasteiger partial charge < -0.3 is 9.84 Å². The van der Waals surface area contributed by atoms with Gasteiger partial charge in [-0.1, -0.05) is 44.7 Å². The fourth-order valence-electron chi connectivity index (χ4n) is 3.91. The van der Waals surface area contributed by atoms with Crippen molar-refractivity contribution >= 4 is 34.4 Å². The molecule has 1 atom stereocenters. The van der Waals surface area contributed by atoms with Crippen LogP contribution in [0.15, 0.2) is 41.3 Å². The summed E-state index contributed by atoms with van der Waals surface area (Å²) in [7, 11) is 1.55. The first-order valence-electron chi connectivity index (χ1n) is 12.1. The molecule has 0 saturated carbocycles. The third-order valence-corrected chi connectivity index (χ3v) is 6.78. The monoisotopic (exact) mass is 546 g/mol. The van der Waals surface area contributed by atoms with Crippen LogP contribution < -0.4 is 5.32 Å². The van der Waals surface area contributed by atoms with Crippen molar-refractivity contribution in [2.75, 3.05) is 12.4 Å². The number of amides is 1. The minimum absolute atomic E-state index is 0.115. The summed E-state index contributed by atoms with van der Waals surface area (Å²) in [6.45, 7) is 3.32. The number of hydrogen-bond donors (Lipinski definition) is 2. The van der Waals surface area contributed by atoms with E-state index in [0.29, 0.717) is 17.7 Å². The Morgan fingerprint density at radius 3 is 2.50 bits per heavy atom. The average Bonchev–Trinajstić information content (AvgIpc) is 3.34. The van der Waals surface area contributed by atoms with Gasteiger partial charge in [0.1, 0.15) is 17.5 Å². The van der Waals surface area contributed by atoms with Gasteiger partial charge in [-0.2, -0.15) is 0 Å². The summed E-state index contributed by atoms with van der Waals surface area (Å²) < 4.78 is 49.9. The first-order valence-corrected chi connectivity index (χ1v) is 13.0. The van der Waals surface area contributed by atoms with Crippen molar-refractivity contribution in [1.29, 1.82) is 0 Å². The number of aromatic nitrogens is 1. The lowest BCUT2D eigenvalue weighted by Crippen LogP contribution is -2.13. The van der Waals surface area contributed by atoms with E-state index in [4.69, 9.17) is 9.84 Å². The topological polar surface area (TPSA) is 88.5 Å². The van der Waals surface area contributed by atoms with Crippen molar-refractivity contribution in [3.05, 3.63) is 75.4 Å². The molecule has 0 aliphatic heterocycles. The van der Waals surface area contributed by atoms with Gasteiger partial charge in [0.05, 0.1) is 11.8 Å². The molecule has 1 amide bonds. The lowest BCUT2D eigenvalue weighted by Gasteiger charge is -2.17. The van der Waals surface area contributed by atoms with Crippen LogP contribution in [0, 0.1) is 17.5 Å². The van der Waals surface area contributed by atoms with E-state index in [1.54, 1.807) is 30.7 Å². The highest BCUT2D eigenvalue weighted by atomic mass is 32.1. The molecule has 1 unspecified atom stereocenters. The number of nitrogens with zero attached hydrogens (tertiary/aromatic N) is 1. The highest BCUT2D eigenvalue weighted by Crippen LogP contribution is 2.33. The highest BCUT2D eigenvalue weighted by molar-refractivity contribution is 7.14. The van der Waals surface area contributed by atoms with Gasteiger partial charge in [-0.3, -0.25) is 10.1 Å². The molecule has 3 aromatic rings. The number of ether oxygens (including phenoxy) is 1. The number of aliphatic carboxylic acids is 1. The lowest BCUT2D eigenvalue weighted by molar-refractivity contribution is -0.132. The Hall–Kier alpha value is -3.50. The number of methoxy groups -OCH3 is 1. The number of carbonyl (C=O) groups is 2. The predicted molar refractivity (Wildman–Crippen MR) is 142 cm³/mol. The molecule has 0 saturated heterocycles. The summed E-state index contributed by atoms with van der Waals surface area (Å²) in [5.41, 5.74) is -0.170. The zero-order chi connectivity index (χ0) is 27.8. The van der Waals surface area contributed by atoms with Crippen LogP contribution in [0.4, 0.5) is 18.3 Å². The molecule has 0 aliphatic carbocycles. The minimum Gasteiger partial charge on any atom is -0.478 e. The number of carboxylic acid groups (broad SMARTS) is 1. The molecule has 0 spiro atoms. The molecule has 3 rings (SSSR count). The SMILES string of the molecule is CCCCCCC(OC)c1cccc(-c2csc(NC(=O)c3cc(F)c(C=C(C)C(=O)O)c(F)c3)n2)c1F. The summed E-state index contributed by atoms with van der Waals surface area (Å²) in [4.78, 5) is 27.9. The molecule has 1 aromatic heterocycles. The van der Waals surface area contributed by atoms with E-state index in [1.165, 1.54) is 6.92 Å². The highest BCUT2D eigenvalue weighted by Gasteiger charge is 2.21. The van der Waals surface area contributed by atoms with E-state index in [0.717, 1.165) is 55.2 Å². The van der Waals surface area contributed by atoms with Crippen molar-refractivity contribution in [1.82, 2.24) is 4.98 Å². The van der Waals surface area contributed by atoms with E-state index in [9.17, 15) is 18.4 Å². The van der Waals surface area contributed by atoms with Gasteiger partial charge in [-0.15, -0.1) is 11.3 Å². The summed E-state index contributed by atoms with van der Waals surface area (Å²) in [6, 6.07) is 6.60. The minimum atomic E-state index is -1.32. The molecule has 0 aliphatic rings. The zero-order valence-electron chi connectivity index (χ0n) is 21.3. The Morgan fingerprint density at radius 1 is 1.16 bits per heavy atom. The number of carboxylic acids is 1. The van der Waals surface area contributed by atoms with Crippen LogP contribution in [0.1, 0.15) is 73.5 Å². The molecular formula is C28H29F3N2O4S. The second-order valence-corrected chi connectivity index (χ2v) is 9.62. The number of benzene rings is 2. The zero-order valence-corrected chi connectivity index (χ0v) is 22.1. The average molecular weight is 547 g/mol. The summed E-state index contributed by atoms with van der Waals surface area (Å²) in [5, 5.41) is 13.1. The van der Waals surface area contributed by atoms with Crippen LogP contribution >= 0.6 is 11.3 Å². The van der Waals surface area contributed by atoms with Crippen molar-refractivity contribution in [3.8, 4) is 11.3 Å². The number of unbranched alkanes of at least 4 members (excludes halogenated alkanes) is 3. The van der Waals surface area contributed by atoms with Crippen LogP contribution in [0.5, 0.6) is 0 Å². The number of rotatable bonds is 12. The number of anilines is 1. The maximum atomic E-state index is 15.4. The fraction of sp³-hybridized carbons (Fsp3) is 0.321. The molecular weight excluding hydrogens is 517 g/mol. The second-order valence-electron chi connectivity index (χ2n) is 8.76.